The number of ether oxygens (including phenoxy) is 2. The van der Waals surface area contributed by atoms with Crippen LogP contribution in [0.3, 0.4) is 0 Å². The number of nitrogens with zero attached hydrogens (tertiary/aromatic N) is 1. The highest BCUT2D eigenvalue weighted by atomic mass is 35.5. The van der Waals surface area contributed by atoms with E-state index in [9.17, 15) is 9.59 Å². The van der Waals surface area contributed by atoms with Crippen molar-refractivity contribution >= 4 is 46.8 Å². The van der Waals surface area contributed by atoms with Crippen LogP contribution in [-0.4, -0.2) is 23.6 Å². The number of nitrogens with one attached hydrogen (secondary N) is 2. The lowest BCUT2D eigenvalue weighted by Crippen LogP contribution is -2.20. The van der Waals surface area contributed by atoms with E-state index in [0.717, 1.165) is 41.1 Å². The van der Waals surface area contributed by atoms with Gasteiger partial charge in [0.1, 0.15) is 11.9 Å². The number of carbonyl (C=O) groups is 2. The van der Waals surface area contributed by atoms with Gasteiger partial charge < -0.3 is 20.1 Å². The lowest BCUT2D eigenvalue weighted by atomic mass is 9.88. The highest BCUT2D eigenvalue weighted by Gasteiger charge is 2.25. The van der Waals surface area contributed by atoms with E-state index in [1.807, 2.05) is 60.8 Å². The van der Waals surface area contributed by atoms with Crippen molar-refractivity contribution in [2.45, 2.75) is 37.7 Å². The number of halogens is 1. The predicted molar refractivity (Wildman–Crippen MR) is 150 cm³/mol. The van der Waals surface area contributed by atoms with E-state index in [1.54, 1.807) is 29.5 Å². The third kappa shape index (κ3) is 6.51. The van der Waals surface area contributed by atoms with Gasteiger partial charge in [0.15, 0.2) is 5.75 Å². The fourth-order valence-corrected chi connectivity index (χ4v) is 5.69. The minimum absolute atomic E-state index is 0.0306. The van der Waals surface area contributed by atoms with Crippen LogP contribution in [0.25, 0.3) is 10.4 Å². The summed E-state index contributed by atoms with van der Waals surface area (Å²) in [5.41, 5.74) is 2.19. The van der Waals surface area contributed by atoms with Crippen molar-refractivity contribution in [1.82, 2.24) is 4.98 Å². The molecule has 0 aliphatic heterocycles. The quantitative estimate of drug-likeness (QED) is 0.217. The third-order valence-corrected chi connectivity index (χ3v) is 7.83. The topological polar surface area (TPSA) is 89.5 Å². The maximum atomic E-state index is 12.7. The normalized spacial score (nSPS) is 16.9. The van der Waals surface area contributed by atoms with Crippen LogP contribution in [0.15, 0.2) is 79.0 Å². The van der Waals surface area contributed by atoms with Crippen LogP contribution >= 0.6 is 22.9 Å². The lowest BCUT2D eigenvalue weighted by Gasteiger charge is -2.25. The number of carbonyl (C=O) groups excluding carboxylic acids is 2. The Kier molecular flexibility index (Phi) is 8.21. The number of urea groups is 1. The van der Waals surface area contributed by atoms with Crippen molar-refractivity contribution < 1.29 is 19.1 Å². The number of para-hydroxylation sites is 1. The molecule has 2 amide bonds. The van der Waals surface area contributed by atoms with Crippen molar-refractivity contribution in [3.8, 4) is 21.9 Å². The van der Waals surface area contributed by atoms with Crippen LogP contribution in [0.5, 0.6) is 11.5 Å². The number of amides is 2. The molecular formula is C29H26ClN3O4S. The van der Waals surface area contributed by atoms with Crippen molar-refractivity contribution in [2.24, 2.45) is 0 Å². The number of anilines is 2. The van der Waals surface area contributed by atoms with E-state index in [1.165, 1.54) is 0 Å². The summed E-state index contributed by atoms with van der Waals surface area (Å²) in [6.45, 7) is 0.546. The Hall–Kier alpha value is -3.88. The minimum atomic E-state index is -0.396. The molecule has 1 aliphatic rings. The van der Waals surface area contributed by atoms with Crippen LogP contribution in [0.2, 0.25) is 5.02 Å². The molecule has 194 valence electrons. The molecule has 0 radical (unpaired) electrons. The monoisotopic (exact) mass is 547 g/mol. The number of hydrogen-bond acceptors (Lipinski definition) is 6. The van der Waals surface area contributed by atoms with Crippen LogP contribution in [0, 0.1) is 0 Å². The van der Waals surface area contributed by atoms with Crippen LogP contribution in [0.4, 0.5) is 16.2 Å². The molecule has 1 heterocycles. The van der Waals surface area contributed by atoms with Crippen LogP contribution in [-0.2, 0) is 9.53 Å². The summed E-state index contributed by atoms with van der Waals surface area (Å²) in [6.07, 6.45) is 5.61. The summed E-state index contributed by atoms with van der Waals surface area (Å²) in [7, 11) is 0. The molecule has 7 nitrogen and oxygen atoms in total. The molecule has 1 aliphatic carbocycles. The van der Waals surface area contributed by atoms with Gasteiger partial charge >= 0.3 is 6.03 Å². The summed E-state index contributed by atoms with van der Waals surface area (Å²) < 4.78 is 11.0. The molecule has 1 saturated carbocycles. The van der Waals surface area contributed by atoms with Crippen LogP contribution in [0.1, 0.15) is 36.6 Å². The number of thiazole rings is 1. The molecule has 1 aromatic heterocycles. The number of hydrogen-bond donors (Lipinski definition) is 2. The van der Waals surface area contributed by atoms with Gasteiger partial charge in [-0.2, -0.15) is 0 Å². The molecule has 0 atom stereocenters. The molecule has 5 rings (SSSR count). The number of benzene rings is 3. The van der Waals surface area contributed by atoms with E-state index < -0.39 is 6.03 Å². The largest absolute Gasteiger partial charge is 0.465 e. The molecule has 3 aromatic carbocycles. The first-order valence-electron chi connectivity index (χ1n) is 12.3. The van der Waals surface area contributed by atoms with Gasteiger partial charge in [-0.3, -0.25) is 4.79 Å². The maximum absolute atomic E-state index is 12.7. The van der Waals surface area contributed by atoms with E-state index in [-0.39, 0.29) is 6.10 Å². The average molecular weight is 548 g/mol. The fraction of sp³-hybridized carbons (Fsp3) is 0.207. The second-order valence-corrected chi connectivity index (χ2v) is 10.5. The Morgan fingerprint density at radius 1 is 0.974 bits per heavy atom. The molecular weight excluding hydrogens is 522 g/mol. The average Bonchev–Trinajstić information content (AvgIpc) is 3.42. The van der Waals surface area contributed by atoms with Gasteiger partial charge in [-0.25, -0.2) is 9.78 Å². The fourth-order valence-electron chi connectivity index (χ4n) is 4.44. The maximum Gasteiger partial charge on any atom is 0.323 e. The number of aromatic nitrogens is 1. The second-order valence-electron chi connectivity index (χ2n) is 8.98. The summed E-state index contributed by atoms with van der Waals surface area (Å²) >= 11 is 7.84. The lowest BCUT2D eigenvalue weighted by molar-refractivity contribution is -0.135. The first-order valence-corrected chi connectivity index (χ1v) is 13.5. The van der Waals surface area contributed by atoms with Crippen molar-refractivity contribution in [3.05, 3.63) is 89.0 Å². The second kappa shape index (κ2) is 12.1. The van der Waals surface area contributed by atoms with Gasteiger partial charge in [0.2, 0.25) is 0 Å². The van der Waals surface area contributed by atoms with Gasteiger partial charge in [0, 0.05) is 28.9 Å². The minimum Gasteiger partial charge on any atom is -0.465 e. The first-order chi connectivity index (χ1) is 18.6. The van der Waals surface area contributed by atoms with Crippen molar-refractivity contribution in [2.75, 3.05) is 10.6 Å². The van der Waals surface area contributed by atoms with E-state index >= 15 is 0 Å². The van der Waals surface area contributed by atoms with Crippen molar-refractivity contribution in [1.29, 1.82) is 0 Å². The van der Waals surface area contributed by atoms with Gasteiger partial charge in [-0.05, 0) is 67.6 Å². The zero-order valence-corrected chi connectivity index (χ0v) is 22.0. The zero-order chi connectivity index (χ0) is 26.3. The Bertz CT molecular complexity index is 1390. The Labute approximate surface area is 229 Å². The predicted octanol–water partition coefficient (Wildman–Crippen LogP) is 8.10. The third-order valence-electron chi connectivity index (χ3n) is 6.39. The summed E-state index contributed by atoms with van der Waals surface area (Å²) in [5.74, 6) is 1.48. The smallest absolute Gasteiger partial charge is 0.323 e. The molecule has 1 fully saturated rings. The molecule has 0 unspecified atom stereocenters. The van der Waals surface area contributed by atoms with Gasteiger partial charge in [-0.15, -0.1) is 11.3 Å². The highest BCUT2D eigenvalue weighted by molar-refractivity contribution is 7.15. The molecule has 4 aromatic rings. The summed E-state index contributed by atoms with van der Waals surface area (Å²) in [6, 6.07) is 21.6. The standard InChI is InChI=1S/C29H26ClN3O4S/c30-21-10-15-25(26(16-21)37-24-4-2-1-3-5-24)33-29(35)32-22-11-6-19(7-12-22)27-17-31-28(38-27)20-8-13-23(14-9-20)36-18-34/h1-7,10-12,15-18,20,23H,8-9,13-14H2,(H2,32,33,35). The first kappa shape index (κ1) is 25.8. The molecule has 0 saturated heterocycles. The SMILES string of the molecule is O=COC1CCC(c2ncc(-c3ccc(NC(=O)Nc4ccc(Cl)cc4Oc4ccccc4)cc3)s2)CC1. The molecule has 2 N–H and O–H groups in total. The molecule has 0 bridgehead atoms. The van der Waals surface area contributed by atoms with E-state index in [4.69, 9.17) is 21.1 Å². The summed E-state index contributed by atoms with van der Waals surface area (Å²) in [5, 5.41) is 7.31. The molecule has 0 spiro atoms. The highest BCUT2D eigenvalue weighted by Crippen LogP contribution is 2.38. The van der Waals surface area contributed by atoms with Gasteiger partial charge in [0.05, 0.1) is 15.6 Å². The van der Waals surface area contributed by atoms with Crippen LogP contribution < -0.4 is 15.4 Å². The number of rotatable bonds is 8. The Morgan fingerprint density at radius 2 is 1.74 bits per heavy atom. The molecule has 9 heteroatoms. The van der Waals surface area contributed by atoms with E-state index in [2.05, 4.69) is 15.6 Å². The summed E-state index contributed by atoms with van der Waals surface area (Å²) in [4.78, 5) is 29.0. The Balaban J connectivity index is 1.19. The van der Waals surface area contributed by atoms with Crippen molar-refractivity contribution in [3.63, 3.8) is 0 Å². The Morgan fingerprint density at radius 3 is 2.47 bits per heavy atom. The van der Waals surface area contributed by atoms with E-state index in [0.29, 0.717) is 40.3 Å². The zero-order valence-electron chi connectivity index (χ0n) is 20.4. The van der Waals surface area contributed by atoms with Gasteiger partial charge in [-0.1, -0.05) is 41.9 Å². The van der Waals surface area contributed by atoms with Gasteiger partial charge in [0.25, 0.3) is 6.47 Å². The molecule has 38 heavy (non-hydrogen) atoms.